The first-order chi connectivity index (χ1) is 10.5. The van der Waals surface area contributed by atoms with Crippen molar-refractivity contribution in [1.29, 1.82) is 0 Å². The number of ether oxygens (including phenoxy) is 1. The van der Waals surface area contributed by atoms with Crippen LogP contribution in [-0.4, -0.2) is 36.6 Å². The molecule has 2 aromatic rings. The van der Waals surface area contributed by atoms with Gasteiger partial charge in [-0.3, -0.25) is 4.79 Å². The SMILES string of the molecule is COc1cccc(C(O)CN(C)C(=O)c2ccc(Cl)cc2)c1. The number of aliphatic hydroxyl groups is 1. The highest BCUT2D eigenvalue weighted by Gasteiger charge is 2.17. The molecular weight excluding hydrogens is 302 g/mol. The zero-order chi connectivity index (χ0) is 16.1. The van der Waals surface area contributed by atoms with Crippen LogP contribution in [0.3, 0.4) is 0 Å². The lowest BCUT2D eigenvalue weighted by molar-refractivity contribution is 0.0681. The minimum Gasteiger partial charge on any atom is -0.497 e. The topological polar surface area (TPSA) is 49.8 Å². The Morgan fingerprint density at radius 2 is 1.95 bits per heavy atom. The first-order valence-corrected chi connectivity index (χ1v) is 7.22. The van der Waals surface area contributed by atoms with E-state index in [4.69, 9.17) is 16.3 Å². The van der Waals surface area contributed by atoms with Gasteiger partial charge in [-0.1, -0.05) is 23.7 Å². The van der Waals surface area contributed by atoms with Crippen LogP contribution in [0, 0.1) is 0 Å². The van der Waals surface area contributed by atoms with Crippen molar-refractivity contribution >= 4 is 17.5 Å². The molecule has 0 bridgehead atoms. The molecule has 0 saturated carbocycles. The summed E-state index contributed by atoms with van der Waals surface area (Å²) in [5.74, 6) is 0.502. The summed E-state index contributed by atoms with van der Waals surface area (Å²) in [6.45, 7) is 0.189. The second-order valence-corrected chi connectivity index (χ2v) is 5.42. The lowest BCUT2D eigenvalue weighted by Gasteiger charge is -2.21. The number of aliphatic hydroxyl groups excluding tert-OH is 1. The molecular formula is C17H18ClNO3. The number of hydrogen-bond donors (Lipinski definition) is 1. The van der Waals surface area contributed by atoms with Gasteiger partial charge in [0.05, 0.1) is 19.8 Å². The van der Waals surface area contributed by atoms with Crippen LogP contribution in [0.4, 0.5) is 0 Å². The Morgan fingerprint density at radius 3 is 2.59 bits per heavy atom. The van der Waals surface area contributed by atoms with E-state index in [0.717, 1.165) is 0 Å². The number of rotatable bonds is 5. The Balaban J connectivity index is 2.05. The number of amides is 1. The number of hydrogen-bond acceptors (Lipinski definition) is 3. The fourth-order valence-electron chi connectivity index (χ4n) is 2.11. The predicted molar refractivity (Wildman–Crippen MR) is 86.4 cm³/mol. The summed E-state index contributed by atoms with van der Waals surface area (Å²) in [7, 11) is 3.22. The minimum atomic E-state index is -0.781. The highest BCUT2D eigenvalue weighted by atomic mass is 35.5. The molecule has 0 aromatic heterocycles. The molecule has 22 heavy (non-hydrogen) atoms. The molecule has 1 unspecified atom stereocenters. The Bertz CT molecular complexity index is 643. The number of methoxy groups -OCH3 is 1. The number of likely N-dealkylation sites (N-methyl/N-ethyl adjacent to an activating group) is 1. The van der Waals surface area contributed by atoms with Gasteiger partial charge in [0.1, 0.15) is 5.75 Å². The molecule has 0 aliphatic rings. The molecule has 0 aliphatic heterocycles. The van der Waals surface area contributed by atoms with Gasteiger partial charge in [0.15, 0.2) is 0 Å². The third-order valence-corrected chi connectivity index (χ3v) is 3.62. The van der Waals surface area contributed by atoms with Crippen molar-refractivity contribution in [3.63, 3.8) is 0 Å². The van der Waals surface area contributed by atoms with E-state index >= 15 is 0 Å². The molecule has 0 saturated heterocycles. The third-order valence-electron chi connectivity index (χ3n) is 3.36. The van der Waals surface area contributed by atoms with E-state index in [1.165, 1.54) is 4.90 Å². The lowest BCUT2D eigenvalue weighted by atomic mass is 10.1. The maximum Gasteiger partial charge on any atom is 0.253 e. The van der Waals surface area contributed by atoms with Gasteiger partial charge in [0.25, 0.3) is 5.91 Å². The van der Waals surface area contributed by atoms with Crippen molar-refractivity contribution in [1.82, 2.24) is 4.90 Å². The molecule has 0 spiro atoms. The lowest BCUT2D eigenvalue weighted by Crippen LogP contribution is -2.31. The highest BCUT2D eigenvalue weighted by molar-refractivity contribution is 6.30. The average molecular weight is 320 g/mol. The molecule has 0 heterocycles. The van der Waals surface area contributed by atoms with Crippen molar-refractivity contribution in [2.24, 2.45) is 0 Å². The molecule has 0 fully saturated rings. The van der Waals surface area contributed by atoms with E-state index < -0.39 is 6.10 Å². The van der Waals surface area contributed by atoms with Gasteiger partial charge >= 0.3 is 0 Å². The standard InChI is InChI=1S/C17H18ClNO3/c1-19(17(21)12-6-8-14(18)9-7-12)11-16(20)13-4-3-5-15(10-13)22-2/h3-10,16,20H,11H2,1-2H3. The molecule has 0 aliphatic carbocycles. The summed E-state index contributed by atoms with van der Waals surface area (Å²) in [5, 5.41) is 10.9. The second kappa shape index (κ2) is 7.29. The van der Waals surface area contributed by atoms with Gasteiger partial charge in [-0.2, -0.15) is 0 Å². The Morgan fingerprint density at radius 1 is 1.27 bits per heavy atom. The number of halogens is 1. The maximum absolute atomic E-state index is 12.3. The van der Waals surface area contributed by atoms with Gasteiger partial charge in [0, 0.05) is 17.6 Å². The summed E-state index contributed by atoms with van der Waals surface area (Å²) in [6, 6.07) is 13.8. The number of nitrogens with zero attached hydrogens (tertiary/aromatic N) is 1. The molecule has 1 amide bonds. The van der Waals surface area contributed by atoms with Crippen molar-refractivity contribution in [2.75, 3.05) is 20.7 Å². The Kier molecular flexibility index (Phi) is 5.41. The zero-order valence-electron chi connectivity index (χ0n) is 12.5. The van der Waals surface area contributed by atoms with E-state index in [1.54, 1.807) is 62.7 Å². The molecule has 1 atom stereocenters. The van der Waals surface area contributed by atoms with Crippen LogP contribution in [0.15, 0.2) is 48.5 Å². The molecule has 0 radical (unpaired) electrons. The summed E-state index contributed by atoms with van der Waals surface area (Å²) >= 11 is 5.81. The fraction of sp³-hybridized carbons (Fsp3) is 0.235. The monoisotopic (exact) mass is 319 g/mol. The Hall–Kier alpha value is -2.04. The molecule has 2 rings (SSSR count). The van der Waals surface area contributed by atoms with Crippen LogP contribution >= 0.6 is 11.6 Å². The maximum atomic E-state index is 12.3. The van der Waals surface area contributed by atoms with Crippen molar-refractivity contribution in [3.8, 4) is 5.75 Å². The normalized spacial score (nSPS) is 11.8. The number of carbonyl (C=O) groups excluding carboxylic acids is 1. The van der Waals surface area contributed by atoms with Crippen molar-refractivity contribution < 1.29 is 14.6 Å². The van der Waals surface area contributed by atoms with Crippen LogP contribution in [0.2, 0.25) is 5.02 Å². The summed E-state index contributed by atoms with van der Waals surface area (Å²) in [4.78, 5) is 13.8. The first kappa shape index (κ1) is 16.3. The quantitative estimate of drug-likeness (QED) is 0.921. The minimum absolute atomic E-state index is 0.168. The fourth-order valence-corrected chi connectivity index (χ4v) is 2.24. The van der Waals surface area contributed by atoms with E-state index in [1.807, 2.05) is 0 Å². The van der Waals surface area contributed by atoms with Crippen LogP contribution in [-0.2, 0) is 0 Å². The van der Waals surface area contributed by atoms with Crippen LogP contribution in [0.25, 0.3) is 0 Å². The predicted octanol–water partition coefficient (Wildman–Crippen LogP) is 3.15. The van der Waals surface area contributed by atoms with E-state index in [2.05, 4.69) is 0 Å². The van der Waals surface area contributed by atoms with Crippen LogP contribution in [0.1, 0.15) is 22.0 Å². The number of benzene rings is 2. The van der Waals surface area contributed by atoms with Crippen LogP contribution < -0.4 is 4.74 Å². The molecule has 4 nitrogen and oxygen atoms in total. The molecule has 5 heteroatoms. The van der Waals surface area contributed by atoms with E-state index in [9.17, 15) is 9.90 Å². The summed E-state index contributed by atoms with van der Waals surface area (Å²) in [6.07, 6.45) is -0.781. The van der Waals surface area contributed by atoms with Crippen molar-refractivity contribution in [2.45, 2.75) is 6.10 Å². The van der Waals surface area contributed by atoms with E-state index in [0.29, 0.717) is 21.9 Å². The van der Waals surface area contributed by atoms with Gasteiger partial charge in [-0.25, -0.2) is 0 Å². The van der Waals surface area contributed by atoms with Crippen LogP contribution in [0.5, 0.6) is 5.75 Å². The van der Waals surface area contributed by atoms with Crippen molar-refractivity contribution in [3.05, 3.63) is 64.7 Å². The zero-order valence-corrected chi connectivity index (χ0v) is 13.2. The van der Waals surface area contributed by atoms with Gasteiger partial charge in [-0.05, 0) is 42.0 Å². The Labute approximate surface area is 134 Å². The van der Waals surface area contributed by atoms with Gasteiger partial charge in [-0.15, -0.1) is 0 Å². The largest absolute Gasteiger partial charge is 0.497 e. The molecule has 1 N–H and O–H groups in total. The average Bonchev–Trinajstić information content (AvgIpc) is 2.54. The smallest absolute Gasteiger partial charge is 0.253 e. The third kappa shape index (κ3) is 4.00. The van der Waals surface area contributed by atoms with Gasteiger partial charge < -0.3 is 14.7 Å². The summed E-state index contributed by atoms with van der Waals surface area (Å²) < 4.78 is 5.13. The molecule has 2 aromatic carbocycles. The van der Waals surface area contributed by atoms with Gasteiger partial charge in [0.2, 0.25) is 0 Å². The second-order valence-electron chi connectivity index (χ2n) is 4.98. The molecule has 116 valence electrons. The van der Waals surface area contributed by atoms with E-state index in [-0.39, 0.29) is 12.5 Å². The highest BCUT2D eigenvalue weighted by Crippen LogP contribution is 2.20. The first-order valence-electron chi connectivity index (χ1n) is 6.84. The number of carbonyl (C=O) groups is 1. The summed E-state index contributed by atoms with van der Waals surface area (Å²) in [5.41, 5.74) is 1.24.